The smallest absolute Gasteiger partial charge is 0.187 e. The maximum absolute atomic E-state index is 4.56. The van der Waals surface area contributed by atoms with E-state index in [4.69, 9.17) is 0 Å². The highest BCUT2D eigenvalue weighted by Crippen LogP contribution is 2.21. The van der Waals surface area contributed by atoms with E-state index in [0.717, 1.165) is 31.1 Å². The summed E-state index contributed by atoms with van der Waals surface area (Å²) >= 11 is 1.62. The normalized spacial score (nSPS) is 14.4. The molecule has 1 aliphatic heterocycles. The fourth-order valence-corrected chi connectivity index (χ4v) is 2.15. The van der Waals surface area contributed by atoms with Gasteiger partial charge in [-0.15, -0.1) is 0 Å². The van der Waals surface area contributed by atoms with Gasteiger partial charge in [-0.2, -0.15) is 0 Å². The Morgan fingerprint density at radius 1 is 1.36 bits per heavy atom. The van der Waals surface area contributed by atoms with E-state index in [1.807, 2.05) is 6.26 Å². The van der Waals surface area contributed by atoms with E-state index in [9.17, 15) is 0 Å². The Bertz CT molecular complexity index is 338. The molecule has 2 heterocycles. The molecule has 3 nitrogen and oxygen atoms in total. The maximum atomic E-state index is 4.56. The highest BCUT2D eigenvalue weighted by Gasteiger charge is 2.17. The van der Waals surface area contributed by atoms with Gasteiger partial charge >= 0.3 is 0 Å². The summed E-state index contributed by atoms with van der Waals surface area (Å²) in [5.74, 6) is 0. The quantitative estimate of drug-likeness (QED) is 0.608. The number of thioether (sulfide) groups is 1. The highest BCUT2D eigenvalue weighted by molar-refractivity contribution is 7.98. The standard InChI is InChI=1S/C10H15N3S/c1-3-4-8-7-5-11-6-9(7)13-10(12-8)14-2/h11H,3-6H2,1-2H3. The van der Waals surface area contributed by atoms with Crippen LogP contribution in [0.25, 0.3) is 0 Å². The summed E-state index contributed by atoms with van der Waals surface area (Å²) in [6, 6.07) is 0. The Kier molecular flexibility index (Phi) is 3.03. The predicted molar refractivity (Wildman–Crippen MR) is 58.4 cm³/mol. The van der Waals surface area contributed by atoms with Gasteiger partial charge in [0, 0.05) is 24.3 Å². The summed E-state index contributed by atoms with van der Waals surface area (Å²) in [7, 11) is 0. The minimum absolute atomic E-state index is 0.905. The van der Waals surface area contributed by atoms with E-state index >= 15 is 0 Å². The summed E-state index contributed by atoms with van der Waals surface area (Å²) in [5, 5.41) is 4.24. The van der Waals surface area contributed by atoms with Gasteiger partial charge in [-0.3, -0.25) is 0 Å². The molecule has 2 rings (SSSR count). The summed E-state index contributed by atoms with van der Waals surface area (Å²) < 4.78 is 0. The van der Waals surface area contributed by atoms with Gasteiger partial charge < -0.3 is 5.32 Å². The number of nitrogens with zero attached hydrogens (tertiary/aromatic N) is 2. The van der Waals surface area contributed by atoms with Crippen LogP contribution in [0.1, 0.15) is 30.3 Å². The Morgan fingerprint density at radius 2 is 2.21 bits per heavy atom. The lowest BCUT2D eigenvalue weighted by Gasteiger charge is -2.06. The van der Waals surface area contributed by atoms with Crippen LogP contribution in [-0.2, 0) is 19.5 Å². The SMILES string of the molecule is CCCc1nc(SC)nc2c1CNC2. The molecule has 0 bridgehead atoms. The molecule has 0 aromatic carbocycles. The third kappa shape index (κ3) is 1.77. The van der Waals surface area contributed by atoms with Crippen LogP contribution in [0.2, 0.25) is 0 Å². The zero-order valence-corrected chi connectivity index (χ0v) is 9.45. The van der Waals surface area contributed by atoms with Gasteiger partial charge in [0.25, 0.3) is 0 Å². The molecule has 0 spiro atoms. The molecule has 0 atom stereocenters. The van der Waals surface area contributed by atoms with E-state index < -0.39 is 0 Å². The van der Waals surface area contributed by atoms with Crippen molar-refractivity contribution in [3.8, 4) is 0 Å². The molecule has 1 aliphatic rings. The van der Waals surface area contributed by atoms with Crippen LogP contribution >= 0.6 is 11.8 Å². The van der Waals surface area contributed by atoms with E-state index in [1.54, 1.807) is 11.8 Å². The fourth-order valence-electron chi connectivity index (χ4n) is 1.75. The molecule has 0 amide bonds. The van der Waals surface area contributed by atoms with E-state index in [2.05, 4.69) is 22.2 Å². The minimum atomic E-state index is 0.905. The molecule has 1 aromatic rings. The van der Waals surface area contributed by atoms with Crippen molar-refractivity contribution in [3.05, 3.63) is 17.0 Å². The molecule has 0 radical (unpaired) electrons. The topological polar surface area (TPSA) is 37.8 Å². The van der Waals surface area contributed by atoms with Crippen LogP contribution in [0, 0.1) is 0 Å². The van der Waals surface area contributed by atoms with Crippen molar-refractivity contribution in [1.29, 1.82) is 0 Å². The number of aromatic nitrogens is 2. The van der Waals surface area contributed by atoms with Crippen LogP contribution < -0.4 is 5.32 Å². The maximum Gasteiger partial charge on any atom is 0.187 e. The first-order valence-corrected chi connectivity index (χ1v) is 6.21. The van der Waals surface area contributed by atoms with Crippen molar-refractivity contribution < 1.29 is 0 Å². The van der Waals surface area contributed by atoms with Gasteiger partial charge in [0.15, 0.2) is 5.16 Å². The molecule has 0 saturated heterocycles. The van der Waals surface area contributed by atoms with Crippen molar-refractivity contribution in [2.45, 2.75) is 38.0 Å². The van der Waals surface area contributed by atoms with Crippen molar-refractivity contribution in [3.63, 3.8) is 0 Å². The molecule has 0 saturated carbocycles. The number of hydrogen-bond acceptors (Lipinski definition) is 4. The van der Waals surface area contributed by atoms with Crippen LogP contribution in [0.5, 0.6) is 0 Å². The molecule has 76 valence electrons. The Morgan fingerprint density at radius 3 is 2.93 bits per heavy atom. The Hall–Kier alpha value is -0.610. The second-order valence-electron chi connectivity index (χ2n) is 3.44. The Labute approximate surface area is 88.7 Å². The van der Waals surface area contributed by atoms with Gasteiger partial charge in [0.1, 0.15) is 0 Å². The largest absolute Gasteiger partial charge is 0.307 e. The first kappa shape index (κ1) is 9.93. The van der Waals surface area contributed by atoms with Crippen LogP contribution in [-0.4, -0.2) is 16.2 Å². The minimum Gasteiger partial charge on any atom is -0.307 e. The first-order chi connectivity index (χ1) is 6.85. The van der Waals surface area contributed by atoms with Gasteiger partial charge in [-0.1, -0.05) is 25.1 Å². The second-order valence-corrected chi connectivity index (χ2v) is 4.21. The molecule has 4 heteroatoms. The molecule has 0 aliphatic carbocycles. The van der Waals surface area contributed by atoms with Crippen molar-refractivity contribution in [1.82, 2.24) is 15.3 Å². The van der Waals surface area contributed by atoms with Gasteiger partial charge in [-0.25, -0.2) is 9.97 Å². The van der Waals surface area contributed by atoms with Crippen molar-refractivity contribution >= 4 is 11.8 Å². The van der Waals surface area contributed by atoms with Crippen molar-refractivity contribution in [2.75, 3.05) is 6.26 Å². The van der Waals surface area contributed by atoms with E-state index in [0.29, 0.717) is 0 Å². The average molecular weight is 209 g/mol. The number of hydrogen-bond donors (Lipinski definition) is 1. The third-order valence-corrected chi connectivity index (χ3v) is 2.97. The summed E-state index contributed by atoms with van der Waals surface area (Å²) in [6.45, 7) is 4.04. The molecule has 0 unspecified atom stereocenters. The zero-order valence-electron chi connectivity index (χ0n) is 8.63. The lowest BCUT2D eigenvalue weighted by Crippen LogP contribution is -2.02. The van der Waals surface area contributed by atoms with E-state index in [1.165, 1.54) is 17.0 Å². The molecule has 1 aromatic heterocycles. The number of aryl methyl sites for hydroxylation is 1. The summed E-state index contributed by atoms with van der Waals surface area (Å²) in [6.07, 6.45) is 4.25. The fraction of sp³-hybridized carbons (Fsp3) is 0.600. The second kappa shape index (κ2) is 4.28. The lowest BCUT2D eigenvalue weighted by molar-refractivity contribution is 0.753. The monoisotopic (exact) mass is 209 g/mol. The van der Waals surface area contributed by atoms with Gasteiger partial charge in [0.05, 0.1) is 5.69 Å². The number of fused-ring (bicyclic) bond motifs is 1. The third-order valence-electron chi connectivity index (χ3n) is 2.42. The summed E-state index contributed by atoms with van der Waals surface area (Å²) in [5.41, 5.74) is 3.78. The van der Waals surface area contributed by atoms with Gasteiger partial charge in [-0.05, 0) is 12.7 Å². The Balaban J connectivity index is 2.41. The van der Waals surface area contributed by atoms with Crippen LogP contribution in [0.3, 0.4) is 0 Å². The predicted octanol–water partition coefficient (Wildman–Crippen LogP) is 1.75. The average Bonchev–Trinajstić information content (AvgIpc) is 2.66. The molecular formula is C10H15N3S. The van der Waals surface area contributed by atoms with Crippen LogP contribution in [0.4, 0.5) is 0 Å². The van der Waals surface area contributed by atoms with Crippen LogP contribution in [0.15, 0.2) is 5.16 Å². The molecule has 1 N–H and O–H groups in total. The lowest BCUT2D eigenvalue weighted by atomic mass is 10.1. The summed E-state index contributed by atoms with van der Waals surface area (Å²) in [4.78, 5) is 9.07. The highest BCUT2D eigenvalue weighted by atomic mass is 32.2. The number of nitrogens with one attached hydrogen (secondary N) is 1. The van der Waals surface area contributed by atoms with Gasteiger partial charge in [0.2, 0.25) is 0 Å². The molecule has 0 fully saturated rings. The molecular weight excluding hydrogens is 194 g/mol. The molecule has 14 heavy (non-hydrogen) atoms. The van der Waals surface area contributed by atoms with E-state index in [-0.39, 0.29) is 0 Å². The van der Waals surface area contributed by atoms with Crippen molar-refractivity contribution in [2.24, 2.45) is 0 Å². The first-order valence-electron chi connectivity index (χ1n) is 4.98. The number of rotatable bonds is 3. The zero-order chi connectivity index (χ0) is 9.97.